The molecule has 0 saturated carbocycles. The van der Waals surface area contributed by atoms with Gasteiger partial charge < -0.3 is 14.7 Å². The van der Waals surface area contributed by atoms with E-state index in [0.29, 0.717) is 23.8 Å². The molecule has 4 rings (SSSR count). The van der Waals surface area contributed by atoms with Gasteiger partial charge in [-0.15, -0.1) is 0 Å². The van der Waals surface area contributed by atoms with E-state index < -0.39 is 11.6 Å². The van der Waals surface area contributed by atoms with Gasteiger partial charge in [0.25, 0.3) is 0 Å². The van der Waals surface area contributed by atoms with Crippen LogP contribution < -0.4 is 5.32 Å². The predicted octanol–water partition coefficient (Wildman–Crippen LogP) is 7.20. The Bertz CT molecular complexity index is 1170. The number of aromatic nitrogens is 1. The fourth-order valence-electron chi connectivity index (χ4n) is 4.61. The van der Waals surface area contributed by atoms with Gasteiger partial charge in [-0.25, -0.2) is 8.78 Å². The van der Waals surface area contributed by atoms with Crippen LogP contribution >= 0.6 is 0 Å². The fourth-order valence-corrected chi connectivity index (χ4v) is 4.61. The second-order valence-corrected chi connectivity index (χ2v) is 9.84. The highest BCUT2D eigenvalue weighted by Gasteiger charge is 2.35. The first-order valence-corrected chi connectivity index (χ1v) is 13.6. The van der Waals surface area contributed by atoms with Crippen molar-refractivity contribution in [2.24, 2.45) is 5.92 Å². The molecule has 1 N–H and O–H groups in total. The molecule has 2 heterocycles. The topological polar surface area (TPSA) is 75.4 Å². The zero-order chi connectivity index (χ0) is 29.1. The smallest absolute Gasteiger partial charge is 0.233 e. The molecule has 2 aromatic carbocycles. The summed E-state index contributed by atoms with van der Waals surface area (Å²) in [5, 5.41) is 6.52. The minimum atomic E-state index is -0.591. The molecule has 3 atom stereocenters. The van der Waals surface area contributed by atoms with E-state index in [4.69, 9.17) is 4.52 Å². The highest BCUT2D eigenvalue weighted by Crippen LogP contribution is 2.31. The molecule has 1 fully saturated rings. The van der Waals surface area contributed by atoms with E-state index >= 15 is 0 Å². The maximum atomic E-state index is 13.6. The van der Waals surface area contributed by atoms with Crippen LogP contribution in [0.4, 0.5) is 8.78 Å². The van der Waals surface area contributed by atoms with E-state index in [1.54, 1.807) is 24.3 Å². The molecule has 2 amide bonds. The van der Waals surface area contributed by atoms with Crippen LogP contribution in [0.1, 0.15) is 83.4 Å². The number of nitrogens with one attached hydrogen (secondary N) is 1. The third kappa shape index (κ3) is 8.22. The lowest BCUT2D eigenvalue weighted by Gasteiger charge is -2.27. The van der Waals surface area contributed by atoms with E-state index in [-0.39, 0.29) is 29.3 Å². The Labute approximate surface area is 230 Å². The van der Waals surface area contributed by atoms with Crippen LogP contribution in [0, 0.1) is 24.5 Å². The Kier molecular flexibility index (Phi) is 12.3. The lowest BCUT2D eigenvalue weighted by Crippen LogP contribution is -2.38. The fraction of sp³-hybridized carbons (Fsp3) is 0.452. The van der Waals surface area contributed by atoms with Crippen molar-refractivity contribution >= 4 is 12.3 Å². The first-order valence-electron chi connectivity index (χ1n) is 13.6. The molecule has 1 aliphatic heterocycles. The number of carbonyl (C=O) groups excluding carboxylic acids is 2. The van der Waals surface area contributed by atoms with Crippen molar-refractivity contribution in [3.05, 3.63) is 77.2 Å². The van der Waals surface area contributed by atoms with Crippen molar-refractivity contribution in [1.82, 2.24) is 15.4 Å². The maximum absolute atomic E-state index is 13.6. The van der Waals surface area contributed by atoms with Crippen LogP contribution in [0.15, 0.2) is 53.1 Å². The summed E-state index contributed by atoms with van der Waals surface area (Å²) in [7, 11) is 0. The van der Waals surface area contributed by atoms with Crippen LogP contribution in [0.5, 0.6) is 0 Å². The van der Waals surface area contributed by atoms with E-state index in [0.717, 1.165) is 30.6 Å². The van der Waals surface area contributed by atoms with Gasteiger partial charge in [-0.2, -0.15) is 0 Å². The lowest BCUT2D eigenvalue weighted by atomic mass is 9.91. The monoisotopic (exact) mass is 541 g/mol. The number of likely N-dealkylation sites (tertiary alicyclic amines) is 1. The summed E-state index contributed by atoms with van der Waals surface area (Å²) < 4.78 is 32.5. The molecule has 6 nitrogen and oxygen atoms in total. The van der Waals surface area contributed by atoms with Gasteiger partial charge in [0.15, 0.2) is 0 Å². The molecule has 8 heteroatoms. The number of aryl methyl sites for hydroxylation is 1. The van der Waals surface area contributed by atoms with Crippen molar-refractivity contribution in [1.29, 1.82) is 0 Å². The number of benzene rings is 2. The Balaban J connectivity index is 0.000000258. The van der Waals surface area contributed by atoms with Gasteiger partial charge in [-0.3, -0.25) is 9.59 Å². The third-order valence-electron chi connectivity index (χ3n) is 6.70. The predicted molar refractivity (Wildman–Crippen MR) is 150 cm³/mol. The molecule has 3 unspecified atom stereocenters. The second kappa shape index (κ2) is 15.1. The SMILES string of the molecule is CC.CC(NC=O)c1ccc(-c2c(F)cccc2F)cc1.Cc1cc(C(C(=O)N2CCCC2C)C(C)C)on1. The first kappa shape index (κ1) is 31.7. The van der Waals surface area contributed by atoms with Crippen LogP contribution in [0.25, 0.3) is 11.1 Å². The number of halogens is 2. The number of nitrogens with zero attached hydrogens (tertiary/aromatic N) is 2. The van der Waals surface area contributed by atoms with Crippen molar-refractivity contribution in [2.75, 3.05) is 6.54 Å². The molecule has 212 valence electrons. The number of carbonyl (C=O) groups is 2. The highest BCUT2D eigenvalue weighted by molar-refractivity contribution is 5.84. The van der Waals surface area contributed by atoms with Crippen molar-refractivity contribution in [2.45, 2.75) is 79.3 Å². The van der Waals surface area contributed by atoms with Crippen molar-refractivity contribution in [3.63, 3.8) is 0 Å². The highest BCUT2D eigenvalue weighted by atomic mass is 19.1. The zero-order valence-electron chi connectivity index (χ0n) is 24.0. The largest absolute Gasteiger partial charge is 0.360 e. The van der Waals surface area contributed by atoms with Gasteiger partial charge in [-0.1, -0.05) is 63.2 Å². The summed E-state index contributed by atoms with van der Waals surface area (Å²) in [5.74, 6) is -0.277. The average Bonchev–Trinajstić information content (AvgIpc) is 3.53. The summed E-state index contributed by atoms with van der Waals surface area (Å²) in [6, 6.07) is 12.6. The summed E-state index contributed by atoms with van der Waals surface area (Å²) in [4.78, 5) is 25.0. The standard InChI is InChI=1S/C15H13F2NO.C14H22N2O2.C2H6/c1-10(18-9-19)11-5-7-12(8-6-11)15-13(16)3-2-4-14(15)17;1-9(2)13(12-8-10(3)15-18-12)14(17)16-7-5-6-11(16)4;1-2/h2-10H,1H3,(H,18,19);8-9,11,13H,5-7H2,1-4H3;1-2H3. The molecule has 39 heavy (non-hydrogen) atoms. The zero-order valence-corrected chi connectivity index (χ0v) is 24.0. The van der Waals surface area contributed by atoms with Crippen LogP contribution in [0.3, 0.4) is 0 Å². The molecular weight excluding hydrogens is 500 g/mol. The maximum Gasteiger partial charge on any atom is 0.233 e. The van der Waals surface area contributed by atoms with Crippen LogP contribution in [0.2, 0.25) is 0 Å². The molecule has 1 aromatic heterocycles. The summed E-state index contributed by atoms with van der Waals surface area (Å²) in [6.45, 7) is 14.8. The van der Waals surface area contributed by atoms with Gasteiger partial charge in [0.1, 0.15) is 23.3 Å². The average molecular weight is 542 g/mol. The van der Waals surface area contributed by atoms with Crippen LogP contribution in [-0.2, 0) is 9.59 Å². The molecule has 3 aromatic rings. The minimum Gasteiger partial charge on any atom is -0.360 e. The Morgan fingerprint density at radius 2 is 1.72 bits per heavy atom. The number of hydrogen-bond donors (Lipinski definition) is 1. The van der Waals surface area contributed by atoms with Gasteiger partial charge >= 0.3 is 0 Å². The number of rotatable bonds is 7. The van der Waals surface area contributed by atoms with E-state index in [2.05, 4.69) is 31.2 Å². The lowest BCUT2D eigenvalue weighted by molar-refractivity contribution is -0.134. The Hall–Kier alpha value is -3.55. The summed E-state index contributed by atoms with van der Waals surface area (Å²) in [6.07, 6.45) is 2.83. The van der Waals surface area contributed by atoms with Gasteiger partial charge in [0.2, 0.25) is 12.3 Å². The molecule has 1 saturated heterocycles. The first-order chi connectivity index (χ1) is 18.6. The van der Waals surface area contributed by atoms with Gasteiger partial charge in [0.05, 0.1) is 17.3 Å². The minimum absolute atomic E-state index is 0.0370. The summed E-state index contributed by atoms with van der Waals surface area (Å²) in [5.41, 5.74) is 2.13. The van der Waals surface area contributed by atoms with E-state index in [1.807, 2.05) is 38.7 Å². The Morgan fingerprint density at radius 1 is 1.10 bits per heavy atom. The molecule has 0 bridgehead atoms. The molecular formula is C31H41F2N3O3. The third-order valence-corrected chi connectivity index (χ3v) is 6.70. The van der Waals surface area contributed by atoms with E-state index in [1.165, 1.54) is 18.2 Å². The number of amides is 2. The quantitative estimate of drug-likeness (QED) is 0.321. The van der Waals surface area contributed by atoms with Crippen LogP contribution in [-0.4, -0.2) is 35.0 Å². The Morgan fingerprint density at radius 3 is 2.18 bits per heavy atom. The van der Waals surface area contributed by atoms with E-state index in [9.17, 15) is 18.4 Å². The van der Waals surface area contributed by atoms with Gasteiger partial charge in [-0.05, 0) is 62.8 Å². The molecule has 1 aliphatic rings. The molecule has 0 aliphatic carbocycles. The second-order valence-electron chi connectivity index (χ2n) is 9.84. The normalized spacial score (nSPS) is 15.9. The van der Waals surface area contributed by atoms with Crippen molar-refractivity contribution < 1.29 is 22.9 Å². The van der Waals surface area contributed by atoms with Gasteiger partial charge in [0, 0.05) is 18.7 Å². The van der Waals surface area contributed by atoms with Crippen molar-refractivity contribution in [3.8, 4) is 11.1 Å². The number of hydrogen-bond acceptors (Lipinski definition) is 4. The molecule has 0 spiro atoms. The molecule has 0 radical (unpaired) electrons. The summed E-state index contributed by atoms with van der Waals surface area (Å²) >= 11 is 0.